The quantitative estimate of drug-likeness (QED) is 0.502. The smallest absolute Gasteiger partial charge is 0.248 e. The molecule has 2 saturated carbocycles. The molecule has 7 unspecified atom stereocenters. The Morgan fingerprint density at radius 3 is 2.24 bits per heavy atom. The molecule has 5 nitrogen and oxygen atoms in total. The van der Waals surface area contributed by atoms with Crippen molar-refractivity contribution in [2.24, 2.45) is 35.5 Å². The SMILES string of the molecule is O=C(Nc1cc(Cl)ccc1Cl)C(Cc1ccccc1)N1C(=O)C2C3C=CC(C4CC34)C2C1=O. The van der Waals surface area contributed by atoms with Crippen molar-refractivity contribution >= 4 is 46.6 Å². The number of imide groups is 1. The molecule has 1 N–H and O–H groups in total. The van der Waals surface area contributed by atoms with Crippen LogP contribution in [0.5, 0.6) is 0 Å². The molecule has 2 bridgehead atoms. The van der Waals surface area contributed by atoms with Gasteiger partial charge >= 0.3 is 0 Å². The van der Waals surface area contributed by atoms with Crippen LogP contribution in [0.15, 0.2) is 60.7 Å². The third-order valence-corrected chi connectivity index (χ3v) is 8.33. The maximum Gasteiger partial charge on any atom is 0.248 e. The summed E-state index contributed by atoms with van der Waals surface area (Å²) in [5, 5.41) is 3.57. The van der Waals surface area contributed by atoms with E-state index in [2.05, 4.69) is 17.5 Å². The number of carbonyl (C=O) groups is 3. The summed E-state index contributed by atoms with van der Waals surface area (Å²) < 4.78 is 0. The standard InChI is InChI=1S/C26H22Cl2N2O3/c27-14-6-9-19(28)20(11-14)29-24(31)21(10-13-4-2-1-3-5-13)30-25(32)22-15-7-8-16(18-12-17(15)18)23(22)26(30)33/h1-9,11,15-18,21-23H,10,12H2,(H,29,31). The average Bonchev–Trinajstić information content (AvgIpc) is 3.59. The minimum absolute atomic E-state index is 0.106. The largest absolute Gasteiger partial charge is 0.323 e. The second-order valence-electron chi connectivity index (χ2n) is 9.52. The lowest BCUT2D eigenvalue weighted by molar-refractivity contribution is -0.146. The fraction of sp³-hybridized carbons (Fsp3) is 0.346. The summed E-state index contributed by atoms with van der Waals surface area (Å²) in [6, 6.07) is 13.3. The lowest BCUT2D eigenvalue weighted by Gasteiger charge is -2.37. The van der Waals surface area contributed by atoms with Crippen LogP contribution in [-0.4, -0.2) is 28.7 Å². The number of amides is 3. The van der Waals surface area contributed by atoms with Gasteiger partial charge in [-0.3, -0.25) is 19.3 Å². The van der Waals surface area contributed by atoms with Crippen molar-refractivity contribution in [3.8, 4) is 0 Å². The predicted molar refractivity (Wildman–Crippen MR) is 126 cm³/mol. The van der Waals surface area contributed by atoms with Crippen LogP contribution in [0.2, 0.25) is 10.0 Å². The molecule has 3 fully saturated rings. The first-order valence-corrected chi connectivity index (χ1v) is 12.0. The van der Waals surface area contributed by atoms with Crippen LogP contribution in [0.25, 0.3) is 0 Å². The van der Waals surface area contributed by atoms with Gasteiger partial charge in [-0.1, -0.05) is 65.7 Å². The lowest BCUT2D eigenvalue weighted by atomic mass is 9.63. The summed E-state index contributed by atoms with van der Waals surface area (Å²) in [6.45, 7) is 0. The van der Waals surface area contributed by atoms with Gasteiger partial charge in [-0.25, -0.2) is 0 Å². The van der Waals surface area contributed by atoms with Crippen LogP contribution in [-0.2, 0) is 20.8 Å². The molecule has 0 radical (unpaired) electrons. The number of allylic oxidation sites excluding steroid dienone is 2. The van der Waals surface area contributed by atoms with Crippen molar-refractivity contribution in [3.05, 3.63) is 76.3 Å². The van der Waals surface area contributed by atoms with Gasteiger partial charge in [0.2, 0.25) is 17.7 Å². The van der Waals surface area contributed by atoms with Crippen LogP contribution in [0, 0.1) is 35.5 Å². The molecule has 4 aliphatic carbocycles. The lowest BCUT2D eigenvalue weighted by Crippen LogP contribution is -2.49. The Morgan fingerprint density at radius 2 is 1.61 bits per heavy atom. The highest BCUT2D eigenvalue weighted by Gasteiger charge is 2.67. The highest BCUT2D eigenvalue weighted by Crippen LogP contribution is 2.65. The van der Waals surface area contributed by atoms with Crippen molar-refractivity contribution in [2.75, 3.05) is 5.32 Å². The molecule has 0 aromatic heterocycles. The average molecular weight is 481 g/mol. The van der Waals surface area contributed by atoms with Gasteiger partial charge in [-0.05, 0) is 53.9 Å². The summed E-state index contributed by atoms with van der Waals surface area (Å²) in [7, 11) is 0. The third kappa shape index (κ3) is 3.32. The first kappa shape index (κ1) is 20.9. The summed E-state index contributed by atoms with van der Waals surface area (Å²) >= 11 is 12.3. The summed E-state index contributed by atoms with van der Waals surface area (Å²) in [4.78, 5) is 42.1. The highest BCUT2D eigenvalue weighted by atomic mass is 35.5. The molecule has 1 saturated heterocycles. The minimum Gasteiger partial charge on any atom is -0.323 e. The van der Waals surface area contributed by atoms with Crippen LogP contribution in [0.1, 0.15) is 12.0 Å². The number of hydrogen-bond donors (Lipinski definition) is 1. The second-order valence-corrected chi connectivity index (χ2v) is 10.4. The Labute approximate surface area is 201 Å². The molecule has 7 atom stereocenters. The van der Waals surface area contributed by atoms with Crippen molar-refractivity contribution in [2.45, 2.75) is 18.9 Å². The summed E-state index contributed by atoms with van der Waals surface area (Å²) in [6.07, 6.45) is 5.59. The van der Waals surface area contributed by atoms with Crippen molar-refractivity contribution in [1.29, 1.82) is 0 Å². The molecular formula is C26H22Cl2N2O3. The van der Waals surface area contributed by atoms with Crippen molar-refractivity contribution in [3.63, 3.8) is 0 Å². The zero-order valence-corrected chi connectivity index (χ0v) is 19.2. The maximum atomic E-state index is 13.7. The number of nitrogens with one attached hydrogen (secondary N) is 1. The van der Waals surface area contributed by atoms with E-state index in [1.165, 1.54) is 4.90 Å². The predicted octanol–water partition coefficient (Wildman–Crippen LogP) is 4.60. The van der Waals surface area contributed by atoms with E-state index < -0.39 is 11.9 Å². The van der Waals surface area contributed by atoms with E-state index in [0.717, 1.165) is 12.0 Å². The molecule has 3 amide bonds. The van der Waals surface area contributed by atoms with E-state index in [-0.39, 0.29) is 41.9 Å². The zero-order valence-electron chi connectivity index (χ0n) is 17.7. The van der Waals surface area contributed by atoms with Gasteiger partial charge in [-0.2, -0.15) is 0 Å². The van der Waals surface area contributed by atoms with Gasteiger partial charge in [-0.15, -0.1) is 0 Å². The Morgan fingerprint density at radius 1 is 0.970 bits per heavy atom. The molecular weight excluding hydrogens is 459 g/mol. The molecule has 2 aromatic rings. The fourth-order valence-corrected chi connectivity index (χ4v) is 6.57. The molecule has 2 aromatic carbocycles. The maximum absolute atomic E-state index is 13.7. The Kier molecular flexibility index (Phi) is 4.89. The van der Waals surface area contributed by atoms with E-state index >= 15 is 0 Å². The molecule has 33 heavy (non-hydrogen) atoms. The van der Waals surface area contributed by atoms with Gasteiger partial charge in [0.25, 0.3) is 0 Å². The van der Waals surface area contributed by atoms with Gasteiger partial charge in [0.1, 0.15) is 6.04 Å². The first-order valence-electron chi connectivity index (χ1n) is 11.3. The van der Waals surface area contributed by atoms with Crippen LogP contribution in [0.4, 0.5) is 5.69 Å². The zero-order chi connectivity index (χ0) is 22.9. The minimum atomic E-state index is -0.969. The molecule has 168 valence electrons. The number of carbonyl (C=O) groups excluding carboxylic acids is 3. The normalized spacial score (nSPS) is 31.9. The second kappa shape index (κ2) is 7.71. The summed E-state index contributed by atoms with van der Waals surface area (Å²) in [5.74, 6) is -0.369. The van der Waals surface area contributed by atoms with Gasteiger partial charge < -0.3 is 5.32 Å². The number of benzene rings is 2. The van der Waals surface area contributed by atoms with E-state index in [9.17, 15) is 14.4 Å². The van der Waals surface area contributed by atoms with E-state index in [1.54, 1.807) is 18.2 Å². The summed E-state index contributed by atoms with van der Waals surface area (Å²) in [5.41, 5.74) is 1.22. The number of hydrogen-bond acceptors (Lipinski definition) is 3. The number of halogens is 2. The number of anilines is 1. The molecule has 0 spiro atoms. The Bertz CT molecular complexity index is 1160. The van der Waals surface area contributed by atoms with Crippen LogP contribution >= 0.6 is 23.2 Å². The first-order chi connectivity index (χ1) is 15.9. The Balaban J connectivity index is 1.34. The van der Waals surface area contributed by atoms with Gasteiger partial charge in [0.15, 0.2) is 0 Å². The molecule has 1 aliphatic heterocycles. The van der Waals surface area contributed by atoms with E-state index in [0.29, 0.717) is 27.6 Å². The van der Waals surface area contributed by atoms with Gasteiger partial charge in [0, 0.05) is 11.4 Å². The molecule has 7 heteroatoms. The van der Waals surface area contributed by atoms with Crippen molar-refractivity contribution < 1.29 is 14.4 Å². The third-order valence-electron chi connectivity index (χ3n) is 7.77. The number of likely N-dealkylation sites (tertiary alicyclic amines) is 1. The molecule has 5 aliphatic rings. The number of rotatable bonds is 5. The Hall–Kier alpha value is -2.63. The topological polar surface area (TPSA) is 66.5 Å². The highest BCUT2D eigenvalue weighted by molar-refractivity contribution is 6.35. The molecule has 7 rings (SSSR count). The van der Waals surface area contributed by atoms with E-state index in [4.69, 9.17) is 23.2 Å². The van der Waals surface area contributed by atoms with E-state index in [1.807, 2.05) is 30.3 Å². The van der Waals surface area contributed by atoms with Crippen molar-refractivity contribution in [1.82, 2.24) is 4.90 Å². The van der Waals surface area contributed by atoms with Gasteiger partial charge in [0.05, 0.1) is 22.5 Å². The fourth-order valence-electron chi connectivity index (χ4n) is 6.24. The number of nitrogens with zero attached hydrogens (tertiary/aromatic N) is 1. The van der Waals surface area contributed by atoms with Crippen LogP contribution < -0.4 is 5.32 Å². The monoisotopic (exact) mass is 480 g/mol. The molecule has 1 heterocycles. The van der Waals surface area contributed by atoms with Crippen LogP contribution in [0.3, 0.4) is 0 Å².